The zero-order chi connectivity index (χ0) is 12.1. The van der Waals surface area contributed by atoms with Crippen molar-refractivity contribution in [3.8, 4) is 0 Å². The number of benzene rings is 1. The summed E-state index contributed by atoms with van der Waals surface area (Å²) in [6, 6.07) is 6.36. The average molecular weight is 299 g/mol. The molecule has 0 aliphatic rings. The van der Waals surface area contributed by atoms with Crippen LogP contribution in [0.15, 0.2) is 30.3 Å². The molecule has 2 N–H and O–H groups in total. The first-order valence-electron chi connectivity index (χ1n) is 3.37. The molecule has 0 atom stereocenters. The molecule has 1 aromatic carbocycles. The van der Waals surface area contributed by atoms with Gasteiger partial charge in [-0.2, -0.15) is 21.6 Å². The summed E-state index contributed by atoms with van der Waals surface area (Å²) in [6.45, 7) is 0. The van der Waals surface area contributed by atoms with Gasteiger partial charge in [0.2, 0.25) is 0 Å². The van der Waals surface area contributed by atoms with E-state index in [9.17, 15) is 13.2 Å². The van der Waals surface area contributed by atoms with Gasteiger partial charge in [0.25, 0.3) is 0 Å². The summed E-state index contributed by atoms with van der Waals surface area (Å²) in [5, 5.41) is 0. The molecule has 1 aromatic rings. The first-order valence-corrected chi connectivity index (χ1v) is 6.51. The number of hydrogen-bond donors (Lipinski definition) is 0. The van der Waals surface area contributed by atoms with Crippen LogP contribution in [-0.2, 0) is 14.4 Å². The Morgan fingerprint density at radius 2 is 1.31 bits per heavy atom. The van der Waals surface area contributed by atoms with Gasteiger partial charge in [-0.15, -0.1) is 0 Å². The van der Waals surface area contributed by atoms with Gasteiger partial charge >= 0.3 is 14.4 Å². The van der Waals surface area contributed by atoms with Gasteiger partial charge in [0.15, 0.2) is 0 Å². The zero-order valence-corrected chi connectivity index (χ0v) is 9.83. The molecule has 0 amide bonds. The van der Waals surface area contributed by atoms with E-state index in [0.717, 1.165) is 12.1 Å². The second-order valence-electron chi connectivity index (χ2n) is 2.24. The molecule has 0 fully saturated rings. The van der Waals surface area contributed by atoms with E-state index in [1.165, 1.54) is 12.1 Å². The summed E-state index contributed by atoms with van der Waals surface area (Å²) in [5.41, 5.74) is -0.602. The van der Waals surface area contributed by atoms with Crippen molar-refractivity contribution in [3.63, 3.8) is 0 Å². The highest BCUT2D eigenvalue weighted by molar-refractivity contribution is 8.31. The van der Waals surface area contributed by atoms with Crippen molar-refractivity contribution in [2.45, 2.75) is 6.18 Å². The van der Waals surface area contributed by atoms with Crippen LogP contribution in [0.2, 0.25) is 0 Å². The van der Waals surface area contributed by atoms with Crippen LogP contribution in [0.3, 0.4) is 0 Å². The SMILES string of the molecule is FC(F)(F)c1ccccc1.O.O=S(=O)(Cl)Cl. The Bertz CT molecular complexity index is 383. The van der Waals surface area contributed by atoms with Crippen LogP contribution < -0.4 is 0 Å². The van der Waals surface area contributed by atoms with Crippen molar-refractivity contribution in [1.82, 2.24) is 0 Å². The van der Waals surface area contributed by atoms with E-state index in [0.29, 0.717) is 0 Å². The van der Waals surface area contributed by atoms with E-state index in [2.05, 4.69) is 21.4 Å². The molecule has 0 aliphatic carbocycles. The fraction of sp³-hybridized carbons (Fsp3) is 0.143. The van der Waals surface area contributed by atoms with Crippen molar-refractivity contribution >= 4 is 29.6 Å². The fourth-order valence-electron chi connectivity index (χ4n) is 0.627. The van der Waals surface area contributed by atoms with Crippen LogP contribution >= 0.6 is 21.4 Å². The predicted octanol–water partition coefficient (Wildman–Crippen LogP) is 2.59. The smallest absolute Gasteiger partial charge is 0.412 e. The van der Waals surface area contributed by atoms with Crippen LogP contribution in [0, 0.1) is 0 Å². The monoisotopic (exact) mass is 298 g/mol. The quantitative estimate of drug-likeness (QED) is 0.691. The summed E-state index contributed by atoms with van der Waals surface area (Å²) in [4.78, 5) is 0. The summed E-state index contributed by atoms with van der Waals surface area (Å²) in [7, 11) is 4.81. The van der Waals surface area contributed by atoms with E-state index < -0.39 is 20.0 Å². The first-order chi connectivity index (χ1) is 6.61. The molecule has 0 bridgehead atoms. The predicted molar refractivity (Wildman–Crippen MR) is 55.7 cm³/mol. The maximum atomic E-state index is 11.8. The van der Waals surface area contributed by atoms with Crippen molar-refractivity contribution in [2.24, 2.45) is 0 Å². The van der Waals surface area contributed by atoms with Gasteiger partial charge < -0.3 is 5.48 Å². The molecule has 0 saturated carbocycles. The van der Waals surface area contributed by atoms with Gasteiger partial charge in [0.1, 0.15) is 0 Å². The van der Waals surface area contributed by atoms with E-state index in [1.807, 2.05) is 0 Å². The molecule has 0 radical (unpaired) electrons. The van der Waals surface area contributed by atoms with Gasteiger partial charge in [-0.3, -0.25) is 0 Å². The minimum absolute atomic E-state index is 0. The van der Waals surface area contributed by atoms with Crippen molar-refractivity contribution in [3.05, 3.63) is 35.9 Å². The van der Waals surface area contributed by atoms with Gasteiger partial charge in [0.05, 0.1) is 5.56 Å². The Morgan fingerprint density at radius 1 is 1.00 bits per heavy atom. The second kappa shape index (κ2) is 6.95. The van der Waals surface area contributed by atoms with Gasteiger partial charge in [-0.1, -0.05) is 30.3 Å². The highest BCUT2D eigenvalue weighted by Crippen LogP contribution is 2.28. The number of alkyl halides is 3. The Kier molecular flexibility index (Phi) is 7.77. The standard InChI is InChI=1S/C7H5F3.Cl2O2S.H2O/c8-7(9,10)6-4-2-1-3-5-6;1-5(2,3)4;/h1-5H;;1H2. The maximum absolute atomic E-state index is 11.8. The maximum Gasteiger partial charge on any atom is 0.416 e. The minimum Gasteiger partial charge on any atom is -0.412 e. The van der Waals surface area contributed by atoms with Gasteiger partial charge in [0, 0.05) is 21.4 Å². The van der Waals surface area contributed by atoms with Gasteiger partial charge in [-0.05, 0) is 0 Å². The van der Waals surface area contributed by atoms with Gasteiger partial charge in [-0.25, -0.2) is 0 Å². The summed E-state index contributed by atoms with van der Waals surface area (Å²) in [5.74, 6) is 0. The summed E-state index contributed by atoms with van der Waals surface area (Å²) < 4.78 is 53.7. The molecule has 9 heteroatoms. The lowest BCUT2D eigenvalue weighted by molar-refractivity contribution is -0.137. The fourth-order valence-corrected chi connectivity index (χ4v) is 0.627. The van der Waals surface area contributed by atoms with Crippen molar-refractivity contribution < 1.29 is 27.1 Å². The Morgan fingerprint density at radius 3 is 1.50 bits per heavy atom. The highest BCUT2D eigenvalue weighted by atomic mass is 36.0. The lowest BCUT2D eigenvalue weighted by Gasteiger charge is -2.03. The highest BCUT2D eigenvalue weighted by Gasteiger charge is 2.29. The molecule has 0 saturated heterocycles. The molecule has 0 heterocycles. The third-order valence-corrected chi connectivity index (χ3v) is 1.10. The minimum atomic E-state index is -4.21. The number of rotatable bonds is 0. The Labute approximate surface area is 99.0 Å². The van der Waals surface area contributed by atoms with E-state index in [4.69, 9.17) is 8.42 Å². The lowest BCUT2D eigenvalue weighted by atomic mass is 10.2. The molecular formula is C7H7Cl2F3O3S. The molecule has 0 unspecified atom stereocenters. The molecular weight excluding hydrogens is 292 g/mol. The average Bonchev–Trinajstić information content (AvgIpc) is 2.01. The van der Waals surface area contributed by atoms with E-state index >= 15 is 0 Å². The third-order valence-electron chi connectivity index (χ3n) is 1.10. The molecule has 0 spiro atoms. The van der Waals surface area contributed by atoms with Crippen molar-refractivity contribution in [2.75, 3.05) is 0 Å². The van der Waals surface area contributed by atoms with Crippen LogP contribution in [-0.4, -0.2) is 13.9 Å². The molecule has 94 valence electrons. The number of halogens is 5. The second-order valence-corrected chi connectivity index (χ2v) is 5.91. The molecule has 16 heavy (non-hydrogen) atoms. The van der Waals surface area contributed by atoms with Crippen LogP contribution in [0.5, 0.6) is 0 Å². The molecule has 0 aromatic heterocycles. The third kappa shape index (κ3) is 11.6. The molecule has 3 nitrogen and oxygen atoms in total. The van der Waals surface area contributed by atoms with Crippen LogP contribution in [0.4, 0.5) is 13.2 Å². The lowest BCUT2D eigenvalue weighted by Crippen LogP contribution is -2.03. The Balaban J connectivity index is 0. The Hall–Kier alpha value is -0.500. The zero-order valence-electron chi connectivity index (χ0n) is 7.50. The van der Waals surface area contributed by atoms with Crippen molar-refractivity contribution in [1.29, 1.82) is 0 Å². The topological polar surface area (TPSA) is 65.6 Å². The first kappa shape index (κ1) is 17.9. The van der Waals surface area contributed by atoms with Crippen LogP contribution in [0.25, 0.3) is 0 Å². The number of hydrogen-bond acceptors (Lipinski definition) is 2. The molecule has 1 rings (SSSR count). The summed E-state index contributed by atoms with van der Waals surface area (Å²) in [6.07, 6.45) is -4.21. The van der Waals surface area contributed by atoms with Crippen LogP contribution in [0.1, 0.15) is 5.56 Å². The van der Waals surface area contributed by atoms with E-state index in [1.54, 1.807) is 6.07 Å². The largest absolute Gasteiger partial charge is 0.416 e. The van der Waals surface area contributed by atoms with E-state index in [-0.39, 0.29) is 5.48 Å². The summed E-state index contributed by atoms with van der Waals surface area (Å²) >= 11 is 0. The molecule has 0 aliphatic heterocycles. The normalized spacial score (nSPS) is 10.8.